The van der Waals surface area contributed by atoms with Crippen LogP contribution < -0.4 is 20.7 Å². The minimum absolute atomic E-state index is 1.13. The van der Waals surface area contributed by atoms with Crippen LogP contribution in [0.4, 0.5) is 0 Å². The molecule has 0 aliphatic heterocycles. The number of aromatic nitrogens is 2. The molecule has 0 N–H and O–H groups in total. The molecule has 0 spiro atoms. The van der Waals surface area contributed by atoms with E-state index in [9.17, 15) is 0 Å². The maximum atomic E-state index is 2.59. The first kappa shape index (κ1) is 36.8. The molecule has 0 aliphatic rings. The van der Waals surface area contributed by atoms with E-state index in [1.165, 1.54) is 86.6 Å². The molecule has 0 unspecified atom stereocenters. The summed E-state index contributed by atoms with van der Waals surface area (Å²) in [7, 11) is -3.12. The number of para-hydroxylation sites is 2. The van der Waals surface area contributed by atoms with Gasteiger partial charge < -0.3 is 9.13 Å². The molecule has 12 rings (SSSR count). The summed E-state index contributed by atoms with van der Waals surface area (Å²) in [4.78, 5) is 0. The summed E-state index contributed by atoms with van der Waals surface area (Å²) in [6, 6.07) is 94.5. The zero-order valence-corrected chi connectivity index (χ0v) is 35.6. The van der Waals surface area contributed by atoms with E-state index in [1.807, 2.05) is 0 Å². The molecule has 0 atom stereocenters. The van der Waals surface area contributed by atoms with E-state index in [0.717, 1.165) is 11.4 Å². The first-order valence-electron chi connectivity index (χ1n) is 21.8. The van der Waals surface area contributed by atoms with Crippen LogP contribution in [0, 0.1) is 0 Å². The standard InChI is InChI=1S/C60H42N2Si/c1-6-20-43(21-7-1)44-34-36-46(37-35-44)61-56-32-18-16-30-52(56)54-39-38-47(42-58(54)61)62-57-33-19-17-31-53(57)55-41-40-51(45-22-8-2-9-23-45)60(59(55)62)63(48-24-10-3-11-25-48,49-26-12-4-13-27-49)50-28-14-5-15-29-50/h1-42H. The van der Waals surface area contributed by atoms with Gasteiger partial charge in [0.1, 0.15) is 0 Å². The number of benzene rings is 10. The first-order chi connectivity index (χ1) is 31.3. The van der Waals surface area contributed by atoms with Gasteiger partial charge in [-0.2, -0.15) is 0 Å². The van der Waals surface area contributed by atoms with Gasteiger partial charge in [0.05, 0.1) is 22.1 Å². The van der Waals surface area contributed by atoms with Gasteiger partial charge in [-0.05, 0) is 79.4 Å². The molecule has 2 nitrogen and oxygen atoms in total. The van der Waals surface area contributed by atoms with Gasteiger partial charge in [-0.25, -0.2) is 0 Å². The quantitative estimate of drug-likeness (QED) is 0.107. The molecule has 0 fully saturated rings. The molecular weight excluding hydrogens is 777 g/mol. The molecule has 2 heterocycles. The van der Waals surface area contributed by atoms with Crippen molar-refractivity contribution >= 4 is 72.4 Å². The van der Waals surface area contributed by atoms with Gasteiger partial charge in [0.2, 0.25) is 0 Å². The van der Waals surface area contributed by atoms with Crippen molar-refractivity contribution in [3.05, 3.63) is 255 Å². The average molecular weight is 819 g/mol. The third-order valence-electron chi connectivity index (χ3n) is 13.1. The van der Waals surface area contributed by atoms with Crippen LogP contribution in [0.1, 0.15) is 0 Å². The van der Waals surface area contributed by atoms with Crippen LogP contribution in [0.25, 0.3) is 77.2 Å². The molecule has 296 valence electrons. The van der Waals surface area contributed by atoms with E-state index in [-0.39, 0.29) is 0 Å². The van der Waals surface area contributed by atoms with Crippen LogP contribution in [0.2, 0.25) is 0 Å². The van der Waals surface area contributed by atoms with Crippen molar-refractivity contribution in [2.75, 3.05) is 0 Å². The maximum Gasteiger partial charge on any atom is 0.182 e. The van der Waals surface area contributed by atoms with Crippen molar-refractivity contribution in [3.63, 3.8) is 0 Å². The number of hydrogen-bond acceptors (Lipinski definition) is 0. The Hall–Kier alpha value is -7.98. The summed E-state index contributed by atoms with van der Waals surface area (Å²) >= 11 is 0. The molecule has 0 saturated carbocycles. The molecule has 10 aromatic carbocycles. The smallest absolute Gasteiger partial charge is 0.182 e. The van der Waals surface area contributed by atoms with Gasteiger partial charge in [0.15, 0.2) is 8.07 Å². The lowest BCUT2D eigenvalue weighted by Crippen LogP contribution is -2.75. The second-order valence-corrected chi connectivity index (χ2v) is 20.1. The molecule has 2 aromatic heterocycles. The second kappa shape index (κ2) is 15.2. The Labute approximate surface area is 368 Å². The van der Waals surface area contributed by atoms with Crippen molar-refractivity contribution in [3.8, 4) is 33.6 Å². The fraction of sp³-hybridized carbons (Fsp3) is 0. The normalized spacial score (nSPS) is 11.8. The highest BCUT2D eigenvalue weighted by Crippen LogP contribution is 2.39. The number of rotatable bonds is 8. The Morgan fingerprint density at radius 1 is 0.270 bits per heavy atom. The molecule has 3 heteroatoms. The van der Waals surface area contributed by atoms with E-state index >= 15 is 0 Å². The fourth-order valence-electron chi connectivity index (χ4n) is 10.4. The van der Waals surface area contributed by atoms with Crippen LogP contribution in [-0.2, 0) is 0 Å². The Bertz CT molecular complexity index is 3480. The Balaban J connectivity index is 1.23. The van der Waals surface area contributed by atoms with Crippen molar-refractivity contribution in [1.29, 1.82) is 0 Å². The van der Waals surface area contributed by atoms with Crippen molar-refractivity contribution in [2.24, 2.45) is 0 Å². The zero-order chi connectivity index (χ0) is 41.7. The van der Waals surface area contributed by atoms with Gasteiger partial charge in [-0.3, -0.25) is 0 Å². The highest BCUT2D eigenvalue weighted by molar-refractivity contribution is 7.21. The number of nitrogens with zero attached hydrogens (tertiary/aromatic N) is 2. The van der Waals surface area contributed by atoms with Crippen LogP contribution in [0.15, 0.2) is 255 Å². The highest BCUT2D eigenvalue weighted by atomic mass is 28.3. The summed E-state index contributed by atoms with van der Waals surface area (Å²) in [6.07, 6.45) is 0. The lowest BCUT2D eigenvalue weighted by molar-refractivity contribution is 1.16. The van der Waals surface area contributed by atoms with Crippen LogP contribution in [0.3, 0.4) is 0 Å². The second-order valence-electron chi connectivity index (χ2n) is 16.4. The Morgan fingerprint density at radius 3 is 1.25 bits per heavy atom. The van der Waals surface area contributed by atoms with E-state index in [4.69, 9.17) is 0 Å². The largest absolute Gasteiger partial charge is 0.309 e. The SMILES string of the molecule is c1ccc(-c2ccc(-n3c4ccccc4c4ccc(-n5c6ccccc6c6ccc(-c7ccccc7)c([Si](c7ccccc7)(c7ccccc7)c7ccccc7)c65)cc43)cc2)cc1. The highest BCUT2D eigenvalue weighted by Gasteiger charge is 2.45. The summed E-state index contributed by atoms with van der Waals surface area (Å²) in [5.41, 5.74) is 11.9. The van der Waals surface area contributed by atoms with E-state index in [0.29, 0.717) is 0 Å². The molecule has 0 saturated heterocycles. The lowest BCUT2D eigenvalue weighted by Gasteiger charge is -2.37. The minimum Gasteiger partial charge on any atom is -0.309 e. The third kappa shape index (κ3) is 5.85. The molecule has 0 bridgehead atoms. The average Bonchev–Trinajstić information content (AvgIpc) is 3.88. The Kier molecular flexibility index (Phi) is 8.87. The van der Waals surface area contributed by atoms with Crippen LogP contribution in [-0.4, -0.2) is 17.2 Å². The molecule has 12 aromatic rings. The molecule has 0 radical (unpaired) electrons. The molecule has 0 aliphatic carbocycles. The molecule has 63 heavy (non-hydrogen) atoms. The van der Waals surface area contributed by atoms with Gasteiger partial charge in [0, 0.05) is 32.9 Å². The van der Waals surface area contributed by atoms with Gasteiger partial charge in [0.25, 0.3) is 0 Å². The van der Waals surface area contributed by atoms with E-state index in [2.05, 4.69) is 264 Å². The maximum absolute atomic E-state index is 3.12. The van der Waals surface area contributed by atoms with E-state index < -0.39 is 8.07 Å². The van der Waals surface area contributed by atoms with Crippen molar-refractivity contribution < 1.29 is 0 Å². The van der Waals surface area contributed by atoms with Crippen molar-refractivity contribution in [1.82, 2.24) is 9.13 Å². The predicted octanol–water partition coefficient (Wildman–Crippen LogP) is 12.6. The summed E-state index contributed by atoms with van der Waals surface area (Å²) in [5, 5.41) is 10.4. The first-order valence-corrected chi connectivity index (χ1v) is 23.8. The van der Waals surface area contributed by atoms with Crippen LogP contribution >= 0.6 is 0 Å². The zero-order valence-electron chi connectivity index (χ0n) is 34.6. The van der Waals surface area contributed by atoms with Crippen molar-refractivity contribution in [2.45, 2.75) is 0 Å². The minimum atomic E-state index is -3.12. The third-order valence-corrected chi connectivity index (χ3v) is 17.9. The number of hydrogen-bond donors (Lipinski definition) is 0. The Morgan fingerprint density at radius 2 is 0.683 bits per heavy atom. The van der Waals surface area contributed by atoms with Crippen LogP contribution in [0.5, 0.6) is 0 Å². The fourth-order valence-corrected chi connectivity index (χ4v) is 15.5. The molecule has 0 amide bonds. The monoisotopic (exact) mass is 818 g/mol. The summed E-state index contributed by atoms with van der Waals surface area (Å²) in [6.45, 7) is 0. The molecular formula is C60H42N2Si. The van der Waals surface area contributed by atoms with E-state index in [1.54, 1.807) is 0 Å². The summed E-state index contributed by atoms with van der Waals surface area (Å²) < 4.78 is 5.03. The topological polar surface area (TPSA) is 9.86 Å². The predicted molar refractivity (Wildman–Crippen MR) is 270 cm³/mol. The summed E-state index contributed by atoms with van der Waals surface area (Å²) in [5.74, 6) is 0. The van der Waals surface area contributed by atoms with Gasteiger partial charge in [-0.1, -0.05) is 218 Å². The van der Waals surface area contributed by atoms with Gasteiger partial charge >= 0.3 is 0 Å². The lowest BCUT2D eigenvalue weighted by atomic mass is 10.0. The van der Waals surface area contributed by atoms with Gasteiger partial charge in [-0.15, -0.1) is 0 Å². The number of fused-ring (bicyclic) bond motifs is 6.